The molecule has 1 saturated heterocycles. The van der Waals surface area contributed by atoms with Gasteiger partial charge in [-0.15, -0.1) is 0 Å². The molecule has 39 heavy (non-hydrogen) atoms. The van der Waals surface area contributed by atoms with Crippen LogP contribution in [0.2, 0.25) is 0 Å². The van der Waals surface area contributed by atoms with Crippen LogP contribution in [-0.2, 0) is 14.3 Å². The van der Waals surface area contributed by atoms with Crippen LogP contribution in [0.4, 0.5) is 16.3 Å². The monoisotopic (exact) mass is 539 g/mol. The average molecular weight is 540 g/mol. The van der Waals surface area contributed by atoms with Crippen molar-refractivity contribution in [2.75, 3.05) is 23.8 Å². The average Bonchev–Trinajstić information content (AvgIpc) is 3.22. The largest absolute Gasteiger partial charge is 0.459 e. The second-order valence-corrected chi connectivity index (χ2v) is 11.5. The summed E-state index contributed by atoms with van der Waals surface area (Å²) in [7, 11) is 0. The van der Waals surface area contributed by atoms with Gasteiger partial charge in [-0.2, -0.15) is 4.98 Å². The highest BCUT2D eigenvalue weighted by molar-refractivity contribution is 6.04. The highest BCUT2D eigenvalue weighted by Gasteiger charge is 2.56. The van der Waals surface area contributed by atoms with Gasteiger partial charge in [0.1, 0.15) is 29.8 Å². The van der Waals surface area contributed by atoms with Crippen molar-refractivity contribution in [3.8, 4) is 6.01 Å². The first kappa shape index (κ1) is 29.6. The van der Waals surface area contributed by atoms with Gasteiger partial charge in [0.25, 0.3) is 11.8 Å². The predicted octanol–water partition coefficient (Wildman–Crippen LogP) is 4.63. The van der Waals surface area contributed by atoms with Gasteiger partial charge in [-0.05, 0) is 58.0 Å². The molecule has 2 aromatic rings. The molecule has 0 bridgehead atoms. The Morgan fingerprint density at radius 2 is 1.79 bits per heavy atom. The van der Waals surface area contributed by atoms with E-state index in [1.54, 1.807) is 64.1 Å². The summed E-state index contributed by atoms with van der Waals surface area (Å²) in [5.41, 5.74) is -1.75. The number of benzene rings is 1. The van der Waals surface area contributed by atoms with Crippen molar-refractivity contribution in [1.82, 2.24) is 14.9 Å². The van der Waals surface area contributed by atoms with Crippen LogP contribution in [0.25, 0.3) is 0 Å². The quantitative estimate of drug-likeness (QED) is 0.487. The van der Waals surface area contributed by atoms with E-state index in [1.165, 1.54) is 11.1 Å². The first-order valence-corrected chi connectivity index (χ1v) is 12.6. The lowest BCUT2D eigenvalue weighted by atomic mass is 9.91. The fourth-order valence-corrected chi connectivity index (χ4v) is 3.84. The Morgan fingerprint density at radius 3 is 2.38 bits per heavy atom. The maximum Gasteiger partial charge on any atom is 0.413 e. The van der Waals surface area contributed by atoms with Crippen molar-refractivity contribution in [3.63, 3.8) is 0 Å². The second-order valence-electron chi connectivity index (χ2n) is 11.5. The molecule has 11 heteroatoms. The molecule has 3 rings (SSSR count). The molecule has 2 heterocycles. The zero-order valence-corrected chi connectivity index (χ0v) is 23.5. The van der Waals surface area contributed by atoms with Crippen LogP contribution in [-0.4, -0.2) is 63.4 Å². The van der Waals surface area contributed by atoms with Crippen LogP contribution < -0.4 is 15.4 Å². The van der Waals surface area contributed by atoms with Gasteiger partial charge >= 0.3 is 12.1 Å². The summed E-state index contributed by atoms with van der Waals surface area (Å²) in [6.45, 7) is 16.5. The molecule has 1 aliphatic heterocycles. The number of amides is 3. The third kappa shape index (κ3) is 7.32. The molecule has 0 spiro atoms. The van der Waals surface area contributed by atoms with Crippen molar-refractivity contribution < 1.29 is 28.6 Å². The highest BCUT2D eigenvalue weighted by atomic mass is 16.6. The van der Waals surface area contributed by atoms with Crippen LogP contribution in [0.5, 0.6) is 6.01 Å². The molecule has 0 unspecified atom stereocenters. The minimum absolute atomic E-state index is 0.00205. The number of anilines is 2. The summed E-state index contributed by atoms with van der Waals surface area (Å²) in [6.07, 6.45) is 1.73. The summed E-state index contributed by atoms with van der Waals surface area (Å²) in [5, 5.41) is 5.53. The summed E-state index contributed by atoms with van der Waals surface area (Å²) >= 11 is 0. The predicted molar refractivity (Wildman–Crippen MR) is 146 cm³/mol. The van der Waals surface area contributed by atoms with E-state index < -0.39 is 40.7 Å². The lowest BCUT2D eigenvalue weighted by Crippen LogP contribution is -2.59. The molecule has 1 aromatic carbocycles. The van der Waals surface area contributed by atoms with Gasteiger partial charge in [0.15, 0.2) is 0 Å². The van der Waals surface area contributed by atoms with Gasteiger partial charge in [-0.3, -0.25) is 14.5 Å². The Balaban J connectivity index is 1.73. The molecule has 1 aromatic heterocycles. The topological polar surface area (TPSA) is 132 Å². The van der Waals surface area contributed by atoms with Crippen LogP contribution in [0.15, 0.2) is 49.2 Å². The minimum Gasteiger partial charge on any atom is -0.459 e. The van der Waals surface area contributed by atoms with Gasteiger partial charge in [0.05, 0.1) is 6.61 Å². The highest BCUT2D eigenvalue weighted by Crippen LogP contribution is 2.38. The Kier molecular flexibility index (Phi) is 8.64. The standard InChI is InChI=1S/C28H37N5O6/c1-9-16-37-24-29-15-14-20(32-24)31-21(34)18-10-12-19(13-11-18)30-22(35)28(8)17-38-23(26(2,3)4)33(28)25(36)39-27(5,6)7/h9-15,23H,1,16-17H2,2-8H3,(H,30,35)(H,29,31,32,34)/t23-,28+/m1/s1. The van der Waals surface area contributed by atoms with E-state index in [4.69, 9.17) is 14.2 Å². The van der Waals surface area contributed by atoms with Crippen molar-refractivity contribution in [2.24, 2.45) is 5.41 Å². The van der Waals surface area contributed by atoms with Gasteiger partial charge < -0.3 is 24.8 Å². The van der Waals surface area contributed by atoms with E-state index in [0.717, 1.165) is 0 Å². The molecule has 1 fully saturated rings. The molecule has 0 saturated carbocycles. The molecule has 0 radical (unpaired) electrons. The van der Waals surface area contributed by atoms with Gasteiger partial charge in [0.2, 0.25) is 0 Å². The number of ether oxygens (including phenoxy) is 3. The maximum absolute atomic E-state index is 13.5. The molecule has 2 atom stereocenters. The molecule has 1 aliphatic rings. The zero-order chi connectivity index (χ0) is 29.0. The molecular formula is C28H37N5O6. The minimum atomic E-state index is -1.32. The number of carbonyl (C=O) groups excluding carboxylic acids is 3. The van der Waals surface area contributed by atoms with E-state index in [0.29, 0.717) is 11.3 Å². The van der Waals surface area contributed by atoms with Gasteiger partial charge in [-0.25, -0.2) is 9.78 Å². The second kappa shape index (κ2) is 11.4. The van der Waals surface area contributed by atoms with E-state index in [1.807, 2.05) is 20.8 Å². The van der Waals surface area contributed by atoms with Crippen LogP contribution in [0.1, 0.15) is 58.8 Å². The van der Waals surface area contributed by atoms with Crippen molar-refractivity contribution >= 4 is 29.4 Å². The van der Waals surface area contributed by atoms with E-state index in [9.17, 15) is 14.4 Å². The number of nitrogens with one attached hydrogen (secondary N) is 2. The molecule has 0 aliphatic carbocycles. The number of hydrogen-bond acceptors (Lipinski definition) is 8. The summed E-state index contributed by atoms with van der Waals surface area (Å²) in [5.74, 6) is -0.567. The third-order valence-electron chi connectivity index (χ3n) is 5.72. The van der Waals surface area contributed by atoms with Crippen LogP contribution >= 0.6 is 0 Å². The molecule has 3 amide bonds. The Morgan fingerprint density at radius 1 is 1.13 bits per heavy atom. The van der Waals surface area contributed by atoms with Gasteiger partial charge in [0, 0.05) is 22.9 Å². The van der Waals surface area contributed by atoms with E-state index in [2.05, 4.69) is 27.2 Å². The Hall–Kier alpha value is -3.99. The van der Waals surface area contributed by atoms with Gasteiger partial charge in [-0.1, -0.05) is 33.4 Å². The molecule has 210 valence electrons. The zero-order valence-electron chi connectivity index (χ0n) is 23.5. The number of carbonyl (C=O) groups is 3. The Labute approximate surface area is 228 Å². The van der Waals surface area contributed by atoms with Crippen LogP contribution in [0, 0.1) is 5.41 Å². The lowest BCUT2D eigenvalue weighted by molar-refractivity contribution is -0.126. The molecule has 2 N–H and O–H groups in total. The molecule has 11 nitrogen and oxygen atoms in total. The Bertz CT molecular complexity index is 1220. The van der Waals surface area contributed by atoms with Crippen LogP contribution in [0.3, 0.4) is 0 Å². The smallest absolute Gasteiger partial charge is 0.413 e. The fourth-order valence-electron chi connectivity index (χ4n) is 3.84. The first-order valence-electron chi connectivity index (χ1n) is 12.6. The number of hydrogen-bond donors (Lipinski definition) is 2. The maximum atomic E-state index is 13.5. The van der Waals surface area contributed by atoms with Crippen molar-refractivity contribution in [1.29, 1.82) is 0 Å². The summed E-state index contributed by atoms with van der Waals surface area (Å²) < 4.78 is 16.9. The summed E-state index contributed by atoms with van der Waals surface area (Å²) in [4.78, 5) is 48.9. The van der Waals surface area contributed by atoms with E-state index >= 15 is 0 Å². The number of aromatic nitrogens is 2. The first-order chi connectivity index (χ1) is 18.1. The van der Waals surface area contributed by atoms with Crippen molar-refractivity contribution in [3.05, 3.63) is 54.7 Å². The fraction of sp³-hybridized carbons (Fsp3) is 0.464. The number of rotatable bonds is 7. The van der Waals surface area contributed by atoms with E-state index in [-0.39, 0.29) is 25.0 Å². The number of nitrogens with zero attached hydrogens (tertiary/aromatic N) is 3. The van der Waals surface area contributed by atoms with Crippen molar-refractivity contribution in [2.45, 2.75) is 65.8 Å². The lowest BCUT2D eigenvalue weighted by Gasteiger charge is -2.40. The molecular weight excluding hydrogens is 502 g/mol. The third-order valence-corrected chi connectivity index (χ3v) is 5.72. The SMILES string of the molecule is C=CCOc1nccc(NC(=O)c2ccc(NC(=O)[C@]3(C)CO[C@H](C(C)(C)C)N3C(=O)OC(C)(C)C)cc2)n1. The normalized spacial score (nSPS) is 19.3. The summed E-state index contributed by atoms with van der Waals surface area (Å²) in [6, 6.07) is 7.99.